The van der Waals surface area contributed by atoms with Crippen molar-refractivity contribution in [3.05, 3.63) is 0 Å². The van der Waals surface area contributed by atoms with Crippen molar-refractivity contribution >= 4 is 11.8 Å². The van der Waals surface area contributed by atoms with Crippen molar-refractivity contribution in [2.24, 2.45) is 5.73 Å². The Hall–Kier alpha value is -1.22. The van der Waals surface area contributed by atoms with Crippen LogP contribution in [0.25, 0.3) is 0 Å². The number of hydrogen-bond acceptors (Lipinski definition) is 6. The van der Waals surface area contributed by atoms with E-state index in [0.717, 1.165) is 0 Å². The van der Waals surface area contributed by atoms with Gasteiger partial charge in [-0.15, -0.1) is 0 Å². The maximum Gasteiger partial charge on any atom is 0.246 e. The Morgan fingerprint density at radius 1 is 1.42 bits per heavy atom. The SMILES string of the molecule is NC(=O)COCC(=O)N[C@@H]1CCOC[C@H]1OCCO. The third-order valence-electron chi connectivity index (χ3n) is 2.55. The molecule has 4 N–H and O–H groups in total. The summed E-state index contributed by atoms with van der Waals surface area (Å²) >= 11 is 0. The molecule has 0 unspecified atom stereocenters. The van der Waals surface area contributed by atoms with Gasteiger partial charge >= 0.3 is 0 Å². The van der Waals surface area contributed by atoms with Gasteiger partial charge in [-0.2, -0.15) is 0 Å². The van der Waals surface area contributed by atoms with E-state index in [1.54, 1.807) is 0 Å². The fourth-order valence-electron chi connectivity index (χ4n) is 1.74. The third kappa shape index (κ3) is 6.48. The van der Waals surface area contributed by atoms with Crippen LogP contribution in [0.3, 0.4) is 0 Å². The summed E-state index contributed by atoms with van der Waals surface area (Å²) in [6, 6.07) is -0.190. The molecule has 2 amide bonds. The first-order valence-corrected chi connectivity index (χ1v) is 6.09. The molecule has 1 aliphatic rings. The van der Waals surface area contributed by atoms with Gasteiger partial charge in [0.1, 0.15) is 19.3 Å². The molecule has 1 rings (SSSR count). The normalized spacial score (nSPS) is 23.0. The van der Waals surface area contributed by atoms with Gasteiger partial charge in [-0.1, -0.05) is 0 Å². The van der Waals surface area contributed by atoms with E-state index in [-0.39, 0.29) is 44.5 Å². The predicted molar refractivity (Wildman–Crippen MR) is 64.2 cm³/mol. The maximum absolute atomic E-state index is 11.6. The molecule has 8 heteroatoms. The summed E-state index contributed by atoms with van der Waals surface area (Å²) in [5.41, 5.74) is 4.88. The molecule has 19 heavy (non-hydrogen) atoms. The Bertz CT molecular complexity index is 299. The number of ether oxygens (including phenoxy) is 3. The van der Waals surface area contributed by atoms with Crippen LogP contribution in [0.2, 0.25) is 0 Å². The topological polar surface area (TPSA) is 120 Å². The Morgan fingerprint density at radius 2 is 2.21 bits per heavy atom. The molecule has 0 bridgehead atoms. The second kappa shape index (κ2) is 8.81. The van der Waals surface area contributed by atoms with Crippen molar-refractivity contribution < 1.29 is 28.9 Å². The number of carbonyl (C=O) groups excluding carboxylic acids is 2. The molecular weight excluding hydrogens is 256 g/mol. The number of hydrogen-bond donors (Lipinski definition) is 3. The molecule has 1 fully saturated rings. The molecule has 0 aromatic rings. The van der Waals surface area contributed by atoms with Gasteiger partial charge < -0.3 is 30.4 Å². The molecule has 0 radical (unpaired) electrons. The minimum atomic E-state index is -0.622. The first-order valence-electron chi connectivity index (χ1n) is 6.09. The van der Waals surface area contributed by atoms with E-state index in [2.05, 4.69) is 5.32 Å². The monoisotopic (exact) mass is 276 g/mol. The lowest BCUT2D eigenvalue weighted by Gasteiger charge is -2.31. The average Bonchev–Trinajstić information content (AvgIpc) is 2.37. The van der Waals surface area contributed by atoms with Gasteiger partial charge in [0.05, 0.1) is 25.9 Å². The zero-order valence-corrected chi connectivity index (χ0v) is 10.7. The lowest BCUT2D eigenvalue weighted by atomic mass is 10.1. The summed E-state index contributed by atoms with van der Waals surface area (Å²) < 4.78 is 15.5. The zero-order chi connectivity index (χ0) is 14.1. The predicted octanol–water partition coefficient (Wildman–Crippen LogP) is -2.23. The van der Waals surface area contributed by atoms with Crippen molar-refractivity contribution in [3.8, 4) is 0 Å². The van der Waals surface area contributed by atoms with E-state index < -0.39 is 5.91 Å². The fourth-order valence-corrected chi connectivity index (χ4v) is 1.74. The molecule has 8 nitrogen and oxygen atoms in total. The van der Waals surface area contributed by atoms with Crippen LogP contribution >= 0.6 is 0 Å². The van der Waals surface area contributed by atoms with Crippen LogP contribution < -0.4 is 11.1 Å². The molecule has 0 aromatic carbocycles. The summed E-state index contributed by atoms with van der Waals surface area (Å²) in [5.74, 6) is -0.964. The minimum Gasteiger partial charge on any atom is -0.394 e. The van der Waals surface area contributed by atoms with Gasteiger partial charge in [0.25, 0.3) is 0 Å². The van der Waals surface area contributed by atoms with Crippen LogP contribution in [0.15, 0.2) is 0 Å². The molecule has 110 valence electrons. The molecule has 0 aromatic heterocycles. The zero-order valence-electron chi connectivity index (χ0n) is 10.7. The van der Waals surface area contributed by atoms with E-state index >= 15 is 0 Å². The third-order valence-corrected chi connectivity index (χ3v) is 2.55. The summed E-state index contributed by atoms with van der Waals surface area (Å²) in [6.45, 7) is 0.495. The second-order valence-corrected chi connectivity index (χ2v) is 4.13. The number of amides is 2. The Kier molecular flexibility index (Phi) is 7.34. The summed E-state index contributed by atoms with van der Waals surface area (Å²) in [6.07, 6.45) is 0.332. The number of nitrogens with one attached hydrogen (secondary N) is 1. The van der Waals surface area contributed by atoms with Crippen molar-refractivity contribution in [3.63, 3.8) is 0 Å². The number of aliphatic hydroxyl groups excluding tert-OH is 1. The van der Waals surface area contributed by atoms with Gasteiger partial charge in [-0.25, -0.2) is 0 Å². The average molecular weight is 276 g/mol. The minimum absolute atomic E-state index is 0.0844. The van der Waals surface area contributed by atoms with Gasteiger partial charge in [0, 0.05) is 6.61 Å². The van der Waals surface area contributed by atoms with Crippen LogP contribution in [0.5, 0.6) is 0 Å². The van der Waals surface area contributed by atoms with E-state index in [4.69, 9.17) is 25.1 Å². The Morgan fingerprint density at radius 3 is 2.89 bits per heavy atom. The Labute approximate surface area is 111 Å². The molecule has 1 aliphatic heterocycles. The highest BCUT2D eigenvalue weighted by atomic mass is 16.5. The van der Waals surface area contributed by atoms with Crippen molar-refractivity contribution in [2.45, 2.75) is 18.6 Å². The molecule has 0 saturated carbocycles. The summed E-state index contributed by atoms with van der Waals surface area (Å²) in [5, 5.41) is 11.5. The number of primary amides is 1. The quantitative estimate of drug-likeness (QED) is 0.461. The number of nitrogens with two attached hydrogens (primary N) is 1. The van der Waals surface area contributed by atoms with E-state index in [9.17, 15) is 9.59 Å². The van der Waals surface area contributed by atoms with Crippen LogP contribution in [-0.4, -0.2) is 68.7 Å². The number of rotatable bonds is 8. The van der Waals surface area contributed by atoms with E-state index in [0.29, 0.717) is 19.6 Å². The smallest absolute Gasteiger partial charge is 0.246 e. The maximum atomic E-state index is 11.6. The van der Waals surface area contributed by atoms with Crippen molar-refractivity contribution in [2.75, 3.05) is 39.6 Å². The van der Waals surface area contributed by atoms with E-state index in [1.165, 1.54) is 0 Å². The molecule has 0 spiro atoms. The number of aliphatic hydroxyl groups is 1. The molecule has 0 aliphatic carbocycles. The second-order valence-electron chi connectivity index (χ2n) is 4.13. The van der Waals surface area contributed by atoms with Crippen LogP contribution in [0, 0.1) is 0 Å². The molecule has 1 saturated heterocycles. The van der Waals surface area contributed by atoms with Crippen molar-refractivity contribution in [1.29, 1.82) is 0 Å². The lowest BCUT2D eigenvalue weighted by molar-refractivity contribution is -0.133. The highest BCUT2D eigenvalue weighted by molar-refractivity contribution is 5.79. The summed E-state index contributed by atoms with van der Waals surface area (Å²) in [4.78, 5) is 22.0. The van der Waals surface area contributed by atoms with Gasteiger partial charge in [-0.05, 0) is 6.42 Å². The molecular formula is C11H20N2O6. The van der Waals surface area contributed by atoms with Gasteiger partial charge in [0.2, 0.25) is 11.8 Å². The van der Waals surface area contributed by atoms with Crippen LogP contribution in [-0.2, 0) is 23.8 Å². The highest BCUT2D eigenvalue weighted by Gasteiger charge is 2.27. The van der Waals surface area contributed by atoms with Gasteiger partial charge in [-0.3, -0.25) is 9.59 Å². The first-order chi connectivity index (χ1) is 9.13. The summed E-state index contributed by atoms with van der Waals surface area (Å²) in [7, 11) is 0. The molecule has 2 atom stereocenters. The van der Waals surface area contributed by atoms with Crippen LogP contribution in [0.4, 0.5) is 0 Å². The fraction of sp³-hybridized carbons (Fsp3) is 0.818. The lowest BCUT2D eigenvalue weighted by Crippen LogP contribution is -2.51. The number of carbonyl (C=O) groups is 2. The largest absolute Gasteiger partial charge is 0.394 e. The van der Waals surface area contributed by atoms with Crippen LogP contribution in [0.1, 0.15) is 6.42 Å². The van der Waals surface area contributed by atoms with Crippen molar-refractivity contribution in [1.82, 2.24) is 5.32 Å². The van der Waals surface area contributed by atoms with Gasteiger partial charge in [0.15, 0.2) is 0 Å². The standard InChI is InChI=1S/C11H20N2O6/c12-10(15)6-18-7-11(16)13-8-1-3-17-5-9(8)19-4-2-14/h8-9,14H,1-7H2,(H2,12,15)(H,13,16)/t8-,9-/m1/s1. The Balaban J connectivity index is 2.30. The highest BCUT2D eigenvalue weighted by Crippen LogP contribution is 2.11. The first kappa shape index (κ1) is 15.8. The molecule has 1 heterocycles. The van der Waals surface area contributed by atoms with E-state index in [1.807, 2.05) is 0 Å².